The number of esters is 2. The molecule has 0 aromatic heterocycles. The van der Waals surface area contributed by atoms with Gasteiger partial charge in [-0.25, -0.2) is 0 Å². The number of hydrogen-bond donors (Lipinski definition) is 4. The average molecular weight is 270 g/mol. The minimum Gasteiger partial charge on any atom is -0.462 e. The van der Waals surface area contributed by atoms with Gasteiger partial charge in [0.05, 0.1) is 13.2 Å². The van der Waals surface area contributed by atoms with Gasteiger partial charge in [0.2, 0.25) is 0 Å². The second-order valence-corrected chi connectivity index (χ2v) is 3.78. The molecule has 0 saturated carbocycles. The van der Waals surface area contributed by atoms with Crippen molar-refractivity contribution in [3.8, 4) is 0 Å². The van der Waals surface area contributed by atoms with E-state index in [-0.39, 0.29) is 26.4 Å². The van der Waals surface area contributed by atoms with Crippen LogP contribution in [0.25, 0.3) is 0 Å². The van der Waals surface area contributed by atoms with E-state index in [2.05, 4.69) is 34.7 Å². The Kier molecular flexibility index (Phi) is 8.44. The number of carbonyl (C=O) groups excluding carboxylic acids is 2. The topological polar surface area (TPSA) is 93.1 Å². The van der Waals surface area contributed by atoms with Crippen molar-refractivity contribution in [2.45, 2.75) is 10.5 Å². The van der Waals surface area contributed by atoms with Gasteiger partial charge in [0.1, 0.15) is 23.7 Å². The van der Waals surface area contributed by atoms with Crippen LogP contribution in [-0.4, -0.2) is 59.1 Å². The van der Waals surface area contributed by atoms with Crippen LogP contribution in [0.3, 0.4) is 0 Å². The monoisotopic (exact) mass is 270 g/mol. The van der Waals surface area contributed by atoms with E-state index in [1.807, 2.05) is 0 Å². The lowest BCUT2D eigenvalue weighted by molar-refractivity contribution is -0.150. The van der Waals surface area contributed by atoms with Crippen molar-refractivity contribution in [3.05, 3.63) is 0 Å². The first-order valence-corrected chi connectivity index (χ1v) is 5.49. The molecule has 0 spiro atoms. The van der Waals surface area contributed by atoms with E-state index in [0.717, 1.165) is 0 Å². The summed E-state index contributed by atoms with van der Waals surface area (Å²) >= 11 is 7.72. The third kappa shape index (κ3) is 5.59. The van der Waals surface area contributed by atoms with E-state index >= 15 is 0 Å². The predicted octanol–water partition coefficient (Wildman–Crippen LogP) is -1.35. The number of ether oxygens (including phenoxy) is 2. The normalized spacial score (nSPS) is 14.0. The van der Waals surface area contributed by atoms with E-state index in [0.29, 0.717) is 0 Å². The molecule has 16 heavy (non-hydrogen) atoms. The number of rotatable bonds is 7. The molecule has 0 rings (SSSR count). The lowest BCUT2D eigenvalue weighted by Crippen LogP contribution is -2.35. The second kappa shape index (κ2) is 8.68. The van der Waals surface area contributed by atoms with Gasteiger partial charge in [0.15, 0.2) is 0 Å². The summed E-state index contributed by atoms with van der Waals surface area (Å²) in [7, 11) is 0. The van der Waals surface area contributed by atoms with Crippen LogP contribution in [0.4, 0.5) is 0 Å². The number of hydrogen-bond acceptors (Lipinski definition) is 8. The zero-order valence-corrected chi connectivity index (χ0v) is 10.2. The SMILES string of the molecule is O=C(OCCO)C(S)C(S)C(=O)OCCO. The molecule has 0 bridgehead atoms. The highest BCUT2D eigenvalue weighted by Crippen LogP contribution is 2.12. The molecule has 0 amide bonds. The van der Waals surface area contributed by atoms with Gasteiger partial charge in [-0.05, 0) is 0 Å². The third-order valence-electron chi connectivity index (χ3n) is 1.45. The molecule has 0 fully saturated rings. The molecule has 8 heteroatoms. The molecule has 6 nitrogen and oxygen atoms in total. The fraction of sp³-hybridized carbons (Fsp3) is 0.750. The van der Waals surface area contributed by atoms with Gasteiger partial charge in [-0.2, -0.15) is 25.3 Å². The maximum Gasteiger partial charge on any atom is 0.320 e. The van der Waals surface area contributed by atoms with Gasteiger partial charge >= 0.3 is 11.9 Å². The Balaban J connectivity index is 4.09. The first kappa shape index (κ1) is 15.6. The Labute approximate surface area is 104 Å². The van der Waals surface area contributed by atoms with Crippen molar-refractivity contribution >= 4 is 37.2 Å². The van der Waals surface area contributed by atoms with Crippen molar-refractivity contribution in [3.63, 3.8) is 0 Å². The molecular formula is C8H14O6S2. The fourth-order valence-electron chi connectivity index (χ4n) is 0.721. The minimum atomic E-state index is -1.08. The fourth-order valence-corrected chi connectivity index (χ4v) is 1.11. The van der Waals surface area contributed by atoms with Gasteiger partial charge < -0.3 is 19.7 Å². The molecule has 0 aliphatic carbocycles. The van der Waals surface area contributed by atoms with Gasteiger partial charge in [0, 0.05) is 0 Å². The highest BCUT2D eigenvalue weighted by Gasteiger charge is 2.30. The molecule has 94 valence electrons. The Morgan fingerprint density at radius 2 is 1.25 bits per heavy atom. The summed E-state index contributed by atoms with van der Waals surface area (Å²) in [5, 5.41) is 14.7. The van der Waals surface area contributed by atoms with E-state index < -0.39 is 22.4 Å². The molecular weight excluding hydrogens is 256 g/mol. The van der Waals surface area contributed by atoms with Gasteiger partial charge in [-0.1, -0.05) is 0 Å². The average Bonchev–Trinajstić information content (AvgIpc) is 2.30. The van der Waals surface area contributed by atoms with Gasteiger partial charge in [0.25, 0.3) is 0 Å². The maximum atomic E-state index is 11.2. The van der Waals surface area contributed by atoms with Crippen LogP contribution in [0.5, 0.6) is 0 Å². The van der Waals surface area contributed by atoms with Crippen LogP contribution in [0.1, 0.15) is 0 Å². The third-order valence-corrected chi connectivity index (χ3v) is 2.71. The molecule has 2 atom stereocenters. The molecule has 0 saturated heterocycles. The van der Waals surface area contributed by atoms with Crippen LogP contribution < -0.4 is 0 Å². The van der Waals surface area contributed by atoms with E-state index in [9.17, 15) is 9.59 Å². The number of carbonyl (C=O) groups is 2. The first-order chi connectivity index (χ1) is 7.54. The molecule has 0 aliphatic rings. The Bertz CT molecular complexity index is 211. The Hall–Kier alpha value is -0.440. The molecule has 2 unspecified atom stereocenters. The highest BCUT2D eigenvalue weighted by molar-refractivity contribution is 7.86. The molecule has 2 N–H and O–H groups in total. The largest absolute Gasteiger partial charge is 0.462 e. The van der Waals surface area contributed by atoms with Gasteiger partial charge in [-0.3, -0.25) is 9.59 Å². The first-order valence-electron chi connectivity index (χ1n) is 4.45. The number of thiol groups is 2. The smallest absolute Gasteiger partial charge is 0.320 e. The lowest BCUT2D eigenvalue weighted by atomic mass is 10.3. The second-order valence-electron chi connectivity index (χ2n) is 2.67. The van der Waals surface area contributed by atoms with Crippen molar-refractivity contribution in [1.82, 2.24) is 0 Å². The Morgan fingerprint density at radius 3 is 1.50 bits per heavy atom. The summed E-state index contributed by atoms with van der Waals surface area (Å²) in [5.41, 5.74) is 0. The van der Waals surface area contributed by atoms with Crippen molar-refractivity contribution < 1.29 is 29.3 Å². The summed E-state index contributed by atoms with van der Waals surface area (Å²) in [5.74, 6) is -1.53. The minimum absolute atomic E-state index is 0.165. The van der Waals surface area contributed by atoms with Crippen LogP contribution >= 0.6 is 25.3 Å². The molecule has 0 radical (unpaired) electrons. The number of aliphatic hydroxyl groups is 2. The van der Waals surface area contributed by atoms with Crippen molar-refractivity contribution in [2.75, 3.05) is 26.4 Å². The summed E-state index contributed by atoms with van der Waals surface area (Å²) in [6.45, 7) is -0.943. The molecule has 0 aliphatic heterocycles. The Morgan fingerprint density at radius 1 is 0.938 bits per heavy atom. The van der Waals surface area contributed by atoms with Gasteiger partial charge in [-0.15, -0.1) is 0 Å². The van der Waals surface area contributed by atoms with Crippen LogP contribution in [0, 0.1) is 0 Å². The highest BCUT2D eigenvalue weighted by atomic mass is 32.1. The summed E-state index contributed by atoms with van der Waals surface area (Å²) in [6.07, 6.45) is 0. The van der Waals surface area contributed by atoms with E-state index in [1.165, 1.54) is 0 Å². The van der Waals surface area contributed by atoms with Crippen LogP contribution in [-0.2, 0) is 19.1 Å². The quantitative estimate of drug-likeness (QED) is 0.338. The van der Waals surface area contributed by atoms with Crippen LogP contribution in [0.2, 0.25) is 0 Å². The summed E-state index contributed by atoms with van der Waals surface area (Å²) in [6, 6.07) is 0. The zero-order valence-electron chi connectivity index (χ0n) is 8.40. The standard InChI is InChI=1S/C8H14O6S2/c9-1-3-13-7(11)5(15)6(16)8(12)14-4-2-10/h5-6,9-10,15-16H,1-4H2. The molecule has 0 aromatic carbocycles. The summed E-state index contributed by atoms with van der Waals surface area (Å²) in [4.78, 5) is 22.4. The molecule has 0 heterocycles. The molecule has 0 aromatic rings. The van der Waals surface area contributed by atoms with E-state index in [1.54, 1.807) is 0 Å². The van der Waals surface area contributed by atoms with Crippen LogP contribution in [0.15, 0.2) is 0 Å². The zero-order chi connectivity index (χ0) is 12.6. The van der Waals surface area contributed by atoms with Crippen molar-refractivity contribution in [2.24, 2.45) is 0 Å². The number of aliphatic hydroxyl groups excluding tert-OH is 2. The lowest BCUT2D eigenvalue weighted by Gasteiger charge is -2.15. The predicted molar refractivity (Wildman–Crippen MR) is 61.6 cm³/mol. The van der Waals surface area contributed by atoms with E-state index in [4.69, 9.17) is 10.2 Å². The van der Waals surface area contributed by atoms with Crippen molar-refractivity contribution in [1.29, 1.82) is 0 Å². The summed E-state index contributed by atoms with van der Waals surface area (Å²) < 4.78 is 9.11. The maximum absolute atomic E-state index is 11.2.